The standard InChI is InChI=1S/C21H39N2O/c1-5-6-7-8-9-12-22-13-14-23(16-22)17-24-21-15-19(4)10-11-20(21)18(2)3/h13-14,16,18-21H,5-12,15,17H2,1-4H3/q+1/t19-,20+,21-/m1/s1. The summed E-state index contributed by atoms with van der Waals surface area (Å²) < 4.78 is 10.8. The summed E-state index contributed by atoms with van der Waals surface area (Å²) >= 11 is 0. The summed E-state index contributed by atoms with van der Waals surface area (Å²) in [5.74, 6) is 2.25. The Hall–Kier alpha value is -0.830. The Morgan fingerprint density at radius 1 is 1.17 bits per heavy atom. The Kier molecular flexibility index (Phi) is 8.31. The van der Waals surface area contributed by atoms with Crippen LogP contribution in [0.2, 0.25) is 0 Å². The smallest absolute Gasteiger partial charge is 0.245 e. The van der Waals surface area contributed by atoms with Gasteiger partial charge in [-0.25, -0.2) is 9.13 Å². The summed E-state index contributed by atoms with van der Waals surface area (Å²) in [4.78, 5) is 0. The lowest BCUT2D eigenvalue weighted by Gasteiger charge is -2.36. The molecule has 3 heteroatoms. The molecule has 138 valence electrons. The first-order valence-corrected chi connectivity index (χ1v) is 10.3. The van der Waals surface area contributed by atoms with Gasteiger partial charge in [-0.1, -0.05) is 53.4 Å². The van der Waals surface area contributed by atoms with Crippen LogP contribution in [0.4, 0.5) is 0 Å². The van der Waals surface area contributed by atoms with Crippen LogP contribution in [0.15, 0.2) is 18.7 Å². The van der Waals surface area contributed by atoms with Crippen LogP contribution < -0.4 is 4.57 Å². The van der Waals surface area contributed by atoms with Crippen molar-refractivity contribution >= 4 is 0 Å². The second-order valence-corrected chi connectivity index (χ2v) is 8.24. The van der Waals surface area contributed by atoms with E-state index in [-0.39, 0.29) is 0 Å². The number of hydrogen-bond donors (Lipinski definition) is 0. The molecule has 0 bridgehead atoms. The van der Waals surface area contributed by atoms with Crippen LogP contribution in [-0.4, -0.2) is 10.7 Å². The van der Waals surface area contributed by atoms with Gasteiger partial charge in [0.05, 0.1) is 12.6 Å². The van der Waals surface area contributed by atoms with Gasteiger partial charge < -0.3 is 4.74 Å². The van der Waals surface area contributed by atoms with Crippen molar-refractivity contribution in [1.82, 2.24) is 4.57 Å². The molecular weight excluding hydrogens is 296 g/mol. The summed E-state index contributed by atoms with van der Waals surface area (Å²) in [7, 11) is 0. The number of nitrogens with zero attached hydrogens (tertiary/aromatic N) is 2. The molecule has 1 fully saturated rings. The summed E-state index contributed by atoms with van der Waals surface area (Å²) in [5, 5.41) is 0. The highest BCUT2D eigenvalue weighted by Gasteiger charge is 2.31. The van der Waals surface area contributed by atoms with Gasteiger partial charge in [-0.05, 0) is 43.4 Å². The first-order valence-electron chi connectivity index (χ1n) is 10.3. The summed E-state index contributed by atoms with van der Waals surface area (Å²) in [6.07, 6.45) is 17.6. The predicted octanol–water partition coefficient (Wildman–Crippen LogP) is 5.18. The Balaban J connectivity index is 1.75. The molecule has 0 aromatic carbocycles. The summed E-state index contributed by atoms with van der Waals surface area (Å²) in [6.45, 7) is 11.2. The topological polar surface area (TPSA) is 18.0 Å². The van der Waals surface area contributed by atoms with E-state index in [4.69, 9.17) is 4.74 Å². The zero-order valence-electron chi connectivity index (χ0n) is 16.4. The minimum atomic E-state index is 0.429. The van der Waals surface area contributed by atoms with Gasteiger partial charge in [0.15, 0.2) is 6.73 Å². The zero-order valence-corrected chi connectivity index (χ0v) is 16.4. The van der Waals surface area contributed by atoms with Crippen LogP contribution in [-0.2, 0) is 18.0 Å². The van der Waals surface area contributed by atoms with E-state index in [0.29, 0.717) is 12.8 Å². The van der Waals surface area contributed by atoms with Gasteiger partial charge in [0.25, 0.3) is 0 Å². The van der Waals surface area contributed by atoms with Crippen molar-refractivity contribution in [2.75, 3.05) is 0 Å². The highest BCUT2D eigenvalue weighted by Crippen LogP contribution is 2.35. The molecule has 0 N–H and O–H groups in total. The second kappa shape index (κ2) is 10.2. The molecule has 0 aliphatic heterocycles. The van der Waals surface area contributed by atoms with Crippen molar-refractivity contribution < 1.29 is 9.30 Å². The van der Waals surface area contributed by atoms with Crippen molar-refractivity contribution in [2.24, 2.45) is 17.8 Å². The highest BCUT2D eigenvalue weighted by atomic mass is 16.5. The maximum Gasteiger partial charge on any atom is 0.245 e. The fourth-order valence-corrected chi connectivity index (χ4v) is 4.03. The molecule has 24 heavy (non-hydrogen) atoms. The minimum Gasteiger partial charge on any atom is -0.338 e. The second-order valence-electron chi connectivity index (χ2n) is 8.24. The highest BCUT2D eigenvalue weighted by molar-refractivity contribution is 4.80. The third-order valence-corrected chi connectivity index (χ3v) is 5.67. The van der Waals surface area contributed by atoms with Crippen molar-refractivity contribution in [3.63, 3.8) is 0 Å². The maximum absolute atomic E-state index is 6.33. The lowest BCUT2D eigenvalue weighted by molar-refractivity contribution is -0.735. The SMILES string of the molecule is CCCCCCCn1cc[n+](CO[C@@H]2C[C@H](C)CC[C@H]2C(C)C)c1. The van der Waals surface area contributed by atoms with E-state index >= 15 is 0 Å². The Labute approximate surface area is 149 Å². The molecule has 0 spiro atoms. The fraction of sp³-hybridized carbons (Fsp3) is 0.857. The van der Waals surface area contributed by atoms with Crippen LogP contribution in [0.1, 0.15) is 79.1 Å². The predicted molar refractivity (Wildman–Crippen MR) is 99.6 cm³/mol. The minimum absolute atomic E-state index is 0.429. The van der Waals surface area contributed by atoms with Gasteiger partial charge in [-0.2, -0.15) is 0 Å². The molecular formula is C21H39N2O+. The van der Waals surface area contributed by atoms with Crippen molar-refractivity contribution in [3.05, 3.63) is 18.7 Å². The molecule has 2 rings (SSSR count). The van der Waals surface area contributed by atoms with Crippen LogP contribution in [0, 0.1) is 17.8 Å². The number of aryl methyl sites for hydroxylation is 1. The molecule has 1 aliphatic carbocycles. The quantitative estimate of drug-likeness (QED) is 0.425. The number of unbranched alkanes of at least 4 members (excludes halogenated alkanes) is 4. The van der Waals surface area contributed by atoms with Crippen molar-refractivity contribution in [3.8, 4) is 0 Å². The maximum atomic E-state index is 6.33. The van der Waals surface area contributed by atoms with Crippen LogP contribution in [0.3, 0.4) is 0 Å². The van der Waals surface area contributed by atoms with E-state index in [1.165, 1.54) is 51.4 Å². The van der Waals surface area contributed by atoms with Gasteiger partial charge in [-0.15, -0.1) is 0 Å². The number of aromatic nitrogens is 2. The fourth-order valence-electron chi connectivity index (χ4n) is 4.03. The Morgan fingerprint density at radius 2 is 1.96 bits per heavy atom. The first-order chi connectivity index (χ1) is 11.6. The van der Waals surface area contributed by atoms with E-state index in [9.17, 15) is 0 Å². The summed E-state index contributed by atoms with van der Waals surface area (Å²) in [6, 6.07) is 0. The van der Waals surface area contributed by atoms with Gasteiger partial charge in [-0.3, -0.25) is 0 Å². The molecule has 1 aromatic heterocycles. The molecule has 1 aromatic rings. The number of rotatable bonds is 10. The average molecular weight is 336 g/mol. The largest absolute Gasteiger partial charge is 0.338 e. The molecule has 1 heterocycles. The van der Waals surface area contributed by atoms with E-state index in [1.807, 2.05) is 0 Å². The van der Waals surface area contributed by atoms with E-state index in [1.54, 1.807) is 0 Å². The molecule has 3 nitrogen and oxygen atoms in total. The van der Waals surface area contributed by atoms with E-state index < -0.39 is 0 Å². The number of hydrogen-bond acceptors (Lipinski definition) is 1. The third-order valence-electron chi connectivity index (χ3n) is 5.67. The normalized spacial score (nSPS) is 24.6. The van der Waals surface area contributed by atoms with Crippen molar-refractivity contribution in [2.45, 2.75) is 98.4 Å². The Morgan fingerprint density at radius 3 is 2.71 bits per heavy atom. The van der Waals surface area contributed by atoms with Gasteiger partial charge in [0.2, 0.25) is 6.33 Å². The van der Waals surface area contributed by atoms with Gasteiger partial charge in [0, 0.05) is 0 Å². The molecule has 0 saturated heterocycles. The van der Waals surface area contributed by atoms with Crippen LogP contribution >= 0.6 is 0 Å². The van der Waals surface area contributed by atoms with Crippen molar-refractivity contribution in [1.29, 1.82) is 0 Å². The van der Waals surface area contributed by atoms with Crippen LogP contribution in [0.25, 0.3) is 0 Å². The molecule has 0 amide bonds. The molecule has 3 atom stereocenters. The summed E-state index contributed by atoms with van der Waals surface area (Å²) in [5.41, 5.74) is 0. The molecule has 1 saturated carbocycles. The lowest BCUT2D eigenvalue weighted by Crippen LogP contribution is -2.40. The third kappa shape index (κ3) is 6.23. The number of imidazole rings is 1. The molecule has 0 radical (unpaired) electrons. The average Bonchev–Trinajstić information content (AvgIpc) is 3.00. The van der Waals surface area contributed by atoms with Gasteiger partial charge >= 0.3 is 0 Å². The first kappa shape index (κ1) is 19.5. The van der Waals surface area contributed by atoms with Gasteiger partial charge in [0.1, 0.15) is 12.4 Å². The number of ether oxygens (including phenoxy) is 1. The molecule has 1 aliphatic rings. The van der Waals surface area contributed by atoms with Crippen LogP contribution in [0.5, 0.6) is 0 Å². The van der Waals surface area contributed by atoms with E-state index in [2.05, 4.69) is 55.6 Å². The molecule has 0 unspecified atom stereocenters. The zero-order chi connectivity index (χ0) is 17.4. The van der Waals surface area contributed by atoms with E-state index in [0.717, 1.165) is 24.3 Å². The Bertz CT molecular complexity index is 454. The monoisotopic (exact) mass is 335 g/mol. The lowest BCUT2D eigenvalue weighted by atomic mass is 9.75.